The van der Waals surface area contributed by atoms with Crippen molar-refractivity contribution < 1.29 is 14.3 Å². The van der Waals surface area contributed by atoms with Crippen LogP contribution in [0.25, 0.3) is 0 Å². The van der Waals surface area contributed by atoms with Crippen molar-refractivity contribution >= 4 is 22.5 Å². The third kappa shape index (κ3) is 4.97. The second-order valence-electron chi connectivity index (χ2n) is 5.99. The Labute approximate surface area is 151 Å². The van der Waals surface area contributed by atoms with Gasteiger partial charge in [-0.25, -0.2) is 4.79 Å². The van der Waals surface area contributed by atoms with Crippen LogP contribution < -0.4 is 5.32 Å². The second-order valence-corrected chi connectivity index (χ2v) is 7.05. The second kappa shape index (κ2) is 8.37. The molecule has 1 aliphatic heterocycles. The third-order valence-electron chi connectivity index (χ3n) is 3.94. The number of morpholine rings is 1. The van der Waals surface area contributed by atoms with Crippen molar-refractivity contribution in [2.45, 2.75) is 19.4 Å². The highest BCUT2D eigenvalue weighted by Crippen LogP contribution is 2.19. The van der Waals surface area contributed by atoms with Crippen molar-refractivity contribution in [3.8, 4) is 0 Å². The Morgan fingerprint density at radius 1 is 1.40 bits per heavy atom. The number of aromatic nitrogens is 2. The minimum Gasteiger partial charge on any atom is -0.382 e. The Bertz CT molecular complexity index is 702. The van der Waals surface area contributed by atoms with Crippen molar-refractivity contribution in [1.29, 1.82) is 0 Å². The van der Waals surface area contributed by atoms with Gasteiger partial charge in [-0.15, -0.1) is 10.2 Å². The zero-order valence-corrected chi connectivity index (χ0v) is 15.2. The Morgan fingerprint density at radius 3 is 2.96 bits per heavy atom. The summed E-state index contributed by atoms with van der Waals surface area (Å²) < 4.78 is 10.6. The molecule has 2 heterocycles. The van der Waals surface area contributed by atoms with Gasteiger partial charge in [0, 0.05) is 20.1 Å². The number of benzene rings is 1. The van der Waals surface area contributed by atoms with Gasteiger partial charge in [-0.2, -0.15) is 0 Å². The highest BCUT2D eigenvalue weighted by Gasteiger charge is 2.24. The molecule has 1 aromatic carbocycles. The van der Waals surface area contributed by atoms with E-state index < -0.39 is 0 Å². The quantitative estimate of drug-likeness (QED) is 0.883. The fourth-order valence-electron chi connectivity index (χ4n) is 2.62. The molecule has 1 aliphatic rings. The van der Waals surface area contributed by atoms with Crippen molar-refractivity contribution in [3.05, 3.63) is 40.4 Å². The molecule has 0 saturated carbocycles. The first kappa shape index (κ1) is 17.8. The van der Waals surface area contributed by atoms with Gasteiger partial charge in [0.15, 0.2) is 0 Å². The first-order chi connectivity index (χ1) is 12.1. The van der Waals surface area contributed by atoms with E-state index in [2.05, 4.69) is 46.7 Å². The molecular formula is C17H22N4O3S. The molecule has 134 valence electrons. The lowest BCUT2D eigenvalue weighted by Gasteiger charge is -2.32. The normalized spacial score (nSPS) is 17.5. The fraction of sp³-hybridized carbons (Fsp3) is 0.471. The minimum atomic E-state index is -0.178. The third-order valence-corrected chi connectivity index (χ3v) is 4.77. The van der Waals surface area contributed by atoms with Gasteiger partial charge >= 0.3 is 6.03 Å². The van der Waals surface area contributed by atoms with E-state index in [1.165, 1.54) is 22.5 Å². The number of carbonyl (C=O) groups is 1. The summed E-state index contributed by atoms with van der Waals surface area (Å²) in [6.07, 6.45) is 0.623. The minimum absolute atomic E-state index is 0.0870. The Balaban J connectivity index is 1.55. The highest BCUT2D eigenvalue weighted by atomic mass is 32.1. The van der Waals surface area contributed by atoms with E-state index in [1.54, 1.807) is 12.0 Å². The van der Waals surface area contributed by atoms with E-state index in [1.807, 2.05) is 0 Å². The fourth-order valence-corrected chi connectivity index (χ4v) is 3.38. The van der Waals surface area contributed by atoms with Crippen LogP contribution in [0.4, 0.5) is 9.93 Å². The van der Waals surface area contributed by atoms with Gasteiger partial charge in [0.05, 0.1) is 25.9 Å². The monoisotopic (exact) mass is 362 g/mol. The zero-order valence-electron chi connectivity index (χ0n) is 14.4. The lowest BCUT2D eigenvalue weighted by Crippen LogP contribution is -2.48. The van der Waals surface area contributed by atoms with Gasteiger partial charge in [-0.05, 0) is 12.5 Å². The number of hydrogen-bond donors (Lipinski definition) is 1. The van der Waals surface area contributed by atoms with Crippen molar-refractivity contribution in [2.75, 3.05) is 38.7 Å². The number of nitrogens with one attached hydrogen (secondary N) is 1. The van der Waals surface area contributed by atoms with Gasteiger partial charge in [0.2, 0.25) is 5.13 Å². The Hall–Kier alpha value is -2.03. The molecule has 1 unspecified atom stereocenters. The number of urea groups is 1. The first-order valence-electron chi connectivity index (χ1n) is 8.18. The zero-order chi connectivity index (χ0) is 17.6. The van der Waals surface area contributed by atoms with Crippen LogP contribution in [0.3, 0.4) is 0 Å². The van der Waals surface area contributed by atoms with Gasteiger partial charge in [-0.1, -0.05) is 41.2 Å². The Kier molecular flexibility index (Phi) is 5.95. The van der Waals surface area contributed by atoms with Crippen molar-refractivity contribution in [3.63, 3.8) is 0 Å². The van der Waals surface area contributed by atoms with Crippen LogP contribution in [-0.4, -0.2) is 60.6 Å². The smallest absolute Gasteiger partial charge is 0.323 e. The number of hydrogen-bond acceptors (Lipinski definition) is 6. The summed E-state index contributed by atoms with van der Waals surface area (Å²) in [7, 11) is 1.62. The molecule has 3 rings (SSSR count). The molecule has 1 saturated heterocycles. The largest absolute Gasteiger partial charge is 0.382 e. The van der Waals surface area contributed by atoms with Crippen LogP contribution in [0, 0.1) is 6.92 Å². The summed E-state index contributed by atoms with van der Waals surface area (Å²) >= 11 is 1.40. The standard InChI is InChI=1S/C17H22N4O3S/c1-12-3-5-13(6-4-12)9-15-19-20-16(25-15)18-17(22)21-7-8-24-14(10-21)11-23-2/h3-6,14H,7-11H2,1-2H3,(H,18,20,22). The van der Waals surface area contributed by atoms with Crippen LogP contribution in [0.2, 0.25) is 0 Å². The maximum absolute atomic E-state index is 12.4. The molecule has 1 aromatic heterocycles. The summed E-state index contributed by atoms with van der Waals surface area (Å²) in [5.74, 6) is 0. The molecule has 0 radical (unpaired) electrons. The number of amides is 2. The van der Waals surface area contributed by atoms with E-state index in [9.17, 15) is 4.79 Å². The molecule has 0 spiro atoms. The van der Waals surface area contributed by atoms with E-state index in [0.29, 0.717) is 37.9 Å². The number of carbonyl (C=O) groups excluding carboxylic acids is 1. The molecule has 2 aromatic rings. The summed E-state index contributed by atoms with van der Waals surface area (Å²) in [5, 5.41) is 12.5. The van der Waals surface area contributed by atoms with Gasteiger partial charge < -0.3 is 14.4 Å². The predicted octanol–water partition coefficient (Wildman–Crippen LogP) is 2.32. The molecule has 2 amide bonds. The van der Waals surface area contributed by atoms with Gasteiger partial charge in [0.1, 0.15) is 5.01 Å². The van der Waals surface area contributed by atoms with Crippen LogP contribution in [0.1, 0.15) is 16.1 Å². The first-order valence-corrected chi connectivity index (χ1v) is 9.00. The maximum atomic E-state index is 12.4. The molecule has 1 atom stereocenters. The van der Waals surface area contributed by atoms with Gasteiger partial charge in [0.25, 0.3) is 0 Å². The molecule has 0 bridgehead atoms. The number of ether oxygens (including phenoxy) is 2. The molecule has 8 heteroatoms. The van der Waals surface area contributed by atoms with E-state index in [-0.39, 0.29) is 12.1 Å². The SMILES string of the molecule is COCC1CN(C(=O)Nc2nnc(Cc3ccc(C)cc3)s2)CCO1. The predicted molar refractivity (Wildman–Crippen MR) is 96.1 cm³/mol. The summed E-state index contributed by atoms with van der Waals surface area (Å²) in [5.41, 5.74) is 2.40. The molecule has 7 nitrogen and oxygen atoms in total. The van der Waals surface area contributed by atoms with E-state index in [4.69, 9.17) is 9.47 Å². The molecule has 25 heavy (non-hydrogen) atoms. The lowest BCUT2D eigenvalue weighted by atomic mass is 10.1. The number of anilines is 1. The van der Waals surface area contributed by atoms with Crippen LogP contribution in [-0.2, 0) is 15.9 Å². The Morgan fingerprint density at radius 2 is 2.20 bits per heavy atom. The number of nitrogens with zero attached hydrogens (tertiary/aromatic N) is 3. The average Bonchev–Trinajstić information content (AvgIpc) is 3.04. The van der Waals surface area contributed by atoms with Gasteiger partial charge in [-0.3, -0.25) is 5.32 Å². The van der Waals surface area contributed by atoms with Crippen LogP contribution in [0.15, 0.2) is 24.3 Å². The maximum Gasteiger partial charge on any atom is 0.323 e. The molecule has 1 N–H and O–H groups in total. The number of methoxy groups -OCH3 is 1. The van der Waals surface area contributed by atoms with Crippen LogP contribution in [0.5, 0.6) is 0 Å². The van der Waals surface area contributed by atoms with Crippen molar-refractivity contribution in [2.24, 2.45) is 0 Å². The van der Waals surface area contributed by atoms with Crippen molar-refractivity contribution in [1.82, 2.24) is 15.1 Å². The van der Waals surface area contributed by atoms with E-state index >= 15 is 0 Å². The van der Waals surface area contributed by atoms with Crippen LogP contribution >= 0.6 is 11.3 Å². The number of aryl methyl sites for hydroxylation is 1. The van der Waals surface area contributed by atoms with E-state index in [0.717, 1.165) is 5.01 Å². The lowest BCUT2D eigenvalue weighted by molar-refractivity contribution is -0.0481. The highest BCUT2D eigenvalue weighted by molar-refractivity contribution is 7.15. The topological polar surface area (TPSA) is 76.6 Å². The molecule has 0 aliphatic carbocycles. The summed E-state index contributed by atoms with van der Waals surface area (Å²) in [4.78, 5) is 14.1. The molecular weight excluding hydrogens is 340 g/mol. The average molecular weight is 362 g/mol. The summed E-state index contributed by atoms with van der Waals surface area (Å²) in [6, 6.07) is 8.14. The number of rotatable bonds is 5. The molecule has 1 fully saturated rings. The summed E-state index contributed by atoms with van der Waals surface area (Å²) in [6.45, 7) is 4.11.